The number of halogens is 2. The first kappa shape index (κ1) is 17.8. The summed E-state index contributed by atoms with van der Waals surface area (Å²) in [6.07, 6.45) is 2.23. The lowest BCUT2D eigenvalue weighted by molar-refractivity contribution is 0.223. The van der Waals surface area contributed by atoms with E-state index in [0.29, 0.717) is 27.4 Å². The number of nitrogens with one attached hydrogen (secondary N) is 1. The highest BCUT2D eigenvalue weighted by Crippen LogP contribution is 2.34. The topological polar surface area (TPSA) is 12.0 Å². The van der Waals surface area contributed by atoms with Gasteiger partial charge in [0.25, 0.3) is 0 Å². The van der Waals surface area contributed by atoms with Crippen LogP contribution in [0, 0.1) is 11.3 Å². The SMILES string of the molecule is CCCNC(CC(C)C(C)(C)C)c1ccc(Cl)c(Cl)c1. The molecule has 0 aliphatic heterocycles. The lowest BCUT2D eigenvalue weighted by Crippen LogP contribution is -2.28. The number of hydrogen-bond donors (Lipinski definition) is 1. The predicted octanol–water partition coefficient (Wildman–Crippen LogP) is 6.11. The molecule has 0 aliphatic carbocycles. The molecule has 0 radical (unpaired) electrons. The largest absolute Gasteiger partial charge is 0.310 e. The smallest absolute Gasteiger partial charge is 0.0595 e. The van der Waals surface area contributed by atoms with Gasteiger partial charge in [-0.25, -0.2) is 0 Å². The predicted molar refractivity (Wildman–Crippen MR) is 90.7 cm³/mol. The van der Waals surface area contributed by atoms with E-state index in [1.165, 1.54) is 5.56 Å². The van der Waals surface area contributed by atoms with Crippen molar-refractivity contribution < 1.29 is 0 Å². The van der Waals surface area contributed by atoms with Gasteiger partial charge >= 0.3 is 0 Å². The van der Waals surface area contributed by atoms with Crippen LogP contribution in [0.15, 0.2) is 18.2 Å². The Hall–Kier alpha value is -0.240. The molecule has 0 fully saturated rings. The molecule has 0 saturated heterocycles. The van der Waals surface area contributed by atoms with Crippen molar-refractivity contribution in [3.8, 4) is 0 Å². The first-order valence-corrected chi connectivity index (χ1v) is 8.19. The van der Waals surface area contributed by atoms with Crippen LogP contribution in [0.3, 0.4) is 0 Å². The van der Waals surface area contributed by atoms with Gasteiger partial charge in [0.2, 0.25) is 0 Å². The van der Waals surface area contributed by atoms with Crippen molar-refractivity contribution in [3.63, 3.8) is 0 Å². The fourth-order valence-electron chi connectivity index (χ4n) is 2.09. The summed E-state index contributed by atoms with van der Waals surface area (Å²) in [5, 5.41) is 4.89. The molecular formula is C17H27Cl2N. The second-order valence-corrected chi connectivity index (χ2v) is 7.50. The molecule has 0 saturated carbocycles. The minimum Gasteiger partial charge on any atom is -0.310 e. The van der Waals surface area contributed by atoms with Crippen LogP contribution in [0.2, 0.25) is 10.0 Å². The summed E-state index contributed by atoms with van der Waals surface area (Å²) in [7, 11) is 0. The van der Waals surface area contributed by atoms with Crippen LogP contribution in [0.4, 0.5) is 0 Å². The second kappa shape index (κ2) is 7.68. The molecule has 1 rings (SSSR count). The molecule has 0 amide bonds. The van der Waals surface area contributed by atoms with Crippen molar-refractivity contribution in [2.75, 3.05) is 6.54 Å². The average molecular weight is 316 g/mol. The van der Waals surface area contributed by atoms with Crippen molar-refractivity contribution in [2.24, 2.45) is 11.3 Å². The summed E-state index contributed by atoms with van der Waals surface area (Å²) < 4.78 is 0. The monoisotopic (exact) mass is 315 g/mol. The molecule has 0 heterocycles. The third kappa shape index (κ3) is 5.27. The summed E-state index contributed by atoms with van der Waals surface area (Å²) in [6.45, 7) is 12.4. The maximum absolute atomic E-state index is 6.16. The van der Waals surface area contributed by atoms with E-state index < -0.39 is 0 Å². The van der Waals surface area contributed by atoms with Gasteiger partial charge in [0.1, 0.15) is 0 Å². The van der Waals surface area contributed by atoms with Crippen LogP contribution in [0.25, 0.3) is 0 Å². The molecule has 1 N–H and O–H groups in total. The minimum atomic E-state index is 0.308. The maximum Gasteiger partial charge on any atom is 0.0595 e. The summed E-state index contributed by atoms with van der Waals surface area (Å²) in [4.78, 5) is 0. The molecular weight excluding hydrogens is 289 g/mol. The molecule has 1 aromatic rings. The van der Waals surface area contributed by atoms with E-state index in [0.717, 1.165) is 19.4 Å². The summed E-state index contributed by atoms with van der Waals surface area (Å²) in [5.74, 6) is 0.617. The van der Waals surface area contributed by atoms with Crippen molar-refractivity contribution in [3.05, 3.63) is 33.8 Å². The molecule has 1 aromatic carbocycles. The van der Waals surface area contributed by atoms with E-state index in [9.17, 15) is 0 Å². The molecule has 2 atom stereocenters. The van der Waals surface area contributed by atoms with Crippen LogP contribution in [-0.4, -0.2) is 6.54 Å². The third-order valence-electron chi connectivity index (χ3n) is 4.05. The number of rotatable bonds is 6. The van der Waals surface area contributed by atoms with E-state index in [4.69, 9.17) is 23.2 Å². The molecule has 114 valence electrons. The Kier molecular flexibility index (Phi) is 6.84. The van der Waals surface area contributed by atoms with Gasteiger partial charge in [-0.3, -0.25) is 0 Å². The van der Waals surface area contributed by atoms with Crippen molar-refractivity contribution in [2.45, 2.75) is 53.5 Å². The first-order valence-electron chi connectivity index (χ1n) is 7.44. The van der Waals surface area contributed by atoms with Crippen molar-refractivity contribution in [1.82, 2.24) is 5.32 Å². The lowest BCUT2D eigenvalue weighted by Gasteiger charge is -2.31. The lowest BCUT2D eigenvalue weighted by atomic mass is 9.77. The van der Waals surface area contributed by atoms with Gasteiger partial charge in [0, 0.05) is 6.04 Å². The van der Waals surface area contributed by atoms with Crippen LogP contribution in [0.5, 0.6) is 0 Å². The molecule has 3 heteroatoms. The van der Waals surface area contributed by atoms with Gasteiger partial charge in [-0.1, -0.05) is 63.9 Å². The van der Waals surface area contributed by atoms with E-state index >= 15 is 0 Å². The Balaban J connectivity index is 2.90. The normalized spacial score (nSPS) is 15.2. The molecule has 0 aliphatic rings. The third-order valence-corrected chi connectivity index (χ3v) is 4.79. The van der Waals surface area contributed by atoms with Crippen molar-refractivity contribution in [1.29, 1.82) is 0 Å². The Labute approximate surface area is 134 Å². The highest BCUT2D eigenvalue weighted by atomic mass is 35.5. The van der Waals surface area contributed by atoms with Gasteiger partial charge in [0.05, 0.1) is 10.0 Å². The first-order chi connectivity index (χ1) is 9.25. The van der Waals surface area contributed by atoms with E-state index in [1.807, 2.05) is 12.1 Å². The van der Waals surface area contributed by atoms with Crippen molar-refractivity contribution >= 4 is 23.2 Å². The fourth-order valence-corrected chi connectivity index (χ4v) is 2.40. The fraction of sp³-hybridized carbons (Fsp3) is 0.647. The van der Waals surface area contributed by atoms with E-state index in [2.05, 4.69) is 46.0 Å². The maximum atomic E-state index is 6.16. The Morgan fingerprint density at radius 2 is 1.80 bits per heavy atom. The average Bonchev–Trinajstić information content (AvgIpc) is 2.36. The molecule has 0 bridgehead atoms. The van der Waals surface area contributed by atoms with Crippen LogP contribution >= 0.6 is 23.2 Å². The van der Waals surface area contributed by atoms with Crippen LogP contribution in [0.1, 0.15) is 59.1 Å². The zero-order valence-corrected chi connectivity index (χ0v) is 14.8. The zero-order chi connectivity index (χ0) is 15.3. The summed E-state index contributed by atoms with van der Waals surface area (Å²) in [6, 6.07) is 6.30. The minimum absolute atomic E-state index is 0.308. The number of benzene rings is 1. The van der Waals surface area contributed by atoms with Crippen LogP contribution < -0.4 is 5.32 Å². The zero-order valence-electron chi connectivity index (χ0n) is 13.3. The van der Waals surface area contributed by atoms with Gasteiger partial charge in [0.15, 0.2) is 0 Å². The Morgan fingerprint density at radius 1 is 1.15 bits per heavy atom. The molecule has 0 spiro atoms. The van der Waals surface area contributed by atoms with Gasteiger partial charge in [-0.2, -0.15) is 0 Å². The van der Waals surface area contributed by atoms with Gasteiger partial charge < -0.3 is 5.32 Å². The highest BCUT2D eigenvalue weighted by molar-refractivity contribution is 6.42. The molecule has 20 heavy (non-hydrogen) atoms. The van der Waals surface area contributed by atoms with Gasteiger partial charge in [-0.15, -0.1) is 0 Å². The molecule has 2 unspecified atom stereocenters. The summed E-state index contributed by atoms with van der Waals surface area (Å²) >= 11 is 12.2. The second-order valence-electron chi connectivity index (χ2n) is 6.68. The molecule has 0 aromatic heterocycles. The molecule has 1 nitrogen and oxygen atoms in total. The summed E-state index contributed by atoms with van der Waals surface area (Å²) in [5.41, 5.74) is 1.53. The Morgan fingerprint density at radius 3 is 2.30 bits per heavy atom. The quantitative estimate of drug-likeness (QED) is 0.668. The number of hydrogen-bond acceptors (Lipinski definition) is 1. The van der Waals surface area contributed by atoms with Gasteiger partial charge in [-0.05, 0) is 48.4 Å². The van der Waals surface area contributed by atoms with E-state index in [-0.39, 0.29) is 0 Å². The standard InChI is InChI=1S/C17H27Cl2N/c1-6-9-20-16(10-12(2)17(3,4)5)13-7-8-14(18)15(19)11-13/h7-8,11-12,16,20H,6,9-10H2,1-5H3. The van der Waals surface area contributed by atoms with Crippen LogP contribution in [-0.2, 0) is 0 Å². The Bertz CT molecular complexity index is 423. The highest BCUT2D eigenvalue weighted by Gasteiger charge is 2.24. The van der Waals surface area contributed by atoms with E-state index in [1.54, 1.807) is 0 Å².